The monoisotopic (exact) mass is 310 g/mol. The highest BCUT2D eigenvalue weighted by molar-refractivity contribution is 7.99. The molecule has 0 atom stereocenters. The smallest absolute Gasteiger partial charge is 0.257 e. The average molecular weight is 311 g/mol. The van der Waals surface area contributed by atoms with Crippen molar-refractivity contribution in [3.63, 3.8) is 0 Å². The van der Waals surface area contributed by atoms with Crippen molar-refractivity contribution in [3.8, 4) is 0 Å². The van der Waals surface area contributed by atoms with Crippen LogP contribution in [0.15, 0.2) is 24.4 Å². The third-order valence-corrected chi connectivity index (χ3v) is 4.64. The number of hydrogen-bond acceptors (Lipinski definition) is 3. The van der Waals surface area contributed by atoms with E-state index in [0.717, 1.165) is 11.5 Å². The maximum Gasteiger partial charge on any atom is 0.257 e. The Hall–Kier alpha value is -1.33. The van der Waals surface area contributed by atoms with Crippen LogP contribution in [0.3, 0.4) is 0 Å². The minimum absolute atomic E-state index is 0.131. The molecule has 1 amide bonds. The lowest BCUT2D eigenvalue weighted by molar-refractivity contribution is 0.0772. The van der Waals surface area contributed by atoms with Gasteiger partial charge in [0.1, 0.15) is 5.82 Å². The van der Waals surface area contributed by atoms with Gasteiger partial charge >= 0.3 is 0 Å². The molecule has 2 aromatic rings. The van der Waals surface area contributed by atoms with Crippen LogP contribution in [0.5, 0.6) is 0 Å². The zero-order valence-corrected chi connectivity index (χ0v) is 12.2. The van der Waals surface area contributed by atoms with Crippen LogP contribution in [0.4, 0.5) is 4.39 Å². The topological polar surface area (TPSA) is 33.2 Å². The largest absolute Gasteiger partial charge is 0.337 e. The fourth-order valence-electron chi connectivity index (χ4n) is 2.22. The van der Waals surface area contributed by atoms with E-state index in [9.17, 15) is 9.18 Å². The Kier molecular flexibility index (Phi) is 3.81. The molecule has 6 heteroatoms. The molecule has 104 valence electrons. The number of halogens is 2. The maximum absolute atomic E-state index is 13.3. The summed E-state index contributed by atoms with van der Waals surface area (Å²) >= 11 is 8.10. The number of hydrogen-bond donors (Lipinski definition) is 0. The number of benzene rings is 1. The average Bonchev–Trinajstić information content (AvgIpc) is 2.48. The quantitative estimate of drug-likeness (QED) is 0.811. The second kappa shape index (κ2) is 5.58. The molecular weight excluding hydrogens is 299 g/mol. The van der Waals surface area contributed by atoms with Gasteiger partial charge in [-0.2, -0.15) is 11.8 Å². The lowest BCUT2D eigenvalue weighted by Gasteiger charge is -2.26. The minimum atomic E-state index is -0.389. The SMILES string of the molecule is O=C(c1cnc2ccc(F)cc2c1Cl)N1CCSCC1. The molecule has 2 heterocycles. The maximum atomic E-state index is 13.3. The van der Waals surface area contributed by atoms with Crippen molar-refractivity contribution in [3.05, 3.63) is 40.8 Å². The van der Waals surface area contributed by atoms with Crippen LogP contribution in [-0.2, 0) is 0 Å². The zero-order chi connectivity index (χ0) is 14.1. The Labute approximate surface area is 125 Å². The summed E-state index contributed by atoms with van der Waals surface area (Å²) in [4.78, 5) is 18.4. The third kappa shape index (κ3) is 2.47. The number of thioether (sulfide) groups is 1. The van der Waals surface area contributed by atoms with Crippen LogP contribution in [0.2, 0.25) is 5.02 Å². The first-order chi connectivity index (χ1) is 9.66. The van der Waals surface area contributed by atoms with Crippen molar-refractivity contribution in [2.24, 2.45) is 0 Å². The molecule has 1 aliphatic heterocycles. The highest BCUT2D eigenvalue weighted by Crippen LogP contribution is 2.27. The summed E-state index contributed by atoms with van der Waals surface area (Å²) in [6.07, 6.45) is 1.48. The molecule has 0 aliphatic carbocycles. The van der Waals surface area contributed by atoms with E-state index in [1.54, 1.807) is 11.0 Å². The Balaban J connectivity index is 2.02. The lowest BCUT2D eigenvalue weighted by Crippen LogP contribution is -2.38. The molecule has 0 N–H and O–H groups in total. The molecule has 1 saturated heterocycles. The fraction of sp³-hybridized carbons (Fsp3) is 0.286. The first-order valence-electron chi connectivity index (χ1n) is 6.27. The second-order valence-corrected chi connectivity index (χ2v) is 6.15. The summed E-state index contributed by atoms with van der Waals surface area (Å²) < 4.78 is 13.3. The van der Waals surface area contributed by atoms with E-state index in [2.05, 4.69) is 4.98 Å². The van der Waals surface area contributed by atoms with E-state index in [-0.39, 0.29) is 16.7 Å². The summed E-state index contributed by atoms with van der Waals surface area (Å²) in [6.45, 7) is 1.42. The molecule has 1 aliphatic rings. The molecule has 20 heavy (non-hydrogen) atoms. The van der Waals surface area contributed by atoms with Crippen molar-refractivity contribution >= 4 is 40.2 Å². The predicted molar refractivity (Wildman–Crippen MR) is 79.9 cm³/mol. The van der Waals surface area contributed by atoms with Crippen LogP contribution < -0.4 is 0 Å². The Morgan fingerprint density at radius 2 is 2.10 bits per heavy atom. The van der Waals surface area contributed by atoms with Crippen molar-refractivity contribution in [2.45, 2.75) is 0 Å². The number of aromatic nitrogens is 1. The standard InChI is InChI=1S/C14H12ClFN2OS/c15-13-10-7-9(16)1-2-12(10)17-8-11(13)14(19)18-3-5-20-6-4-18/h1-2,7-8H,3-6H2. The lowest BCUT2D eigenvalue weighted by atomic mass is 10.1. The van der Waals surface area contributed by atoms with Gasteiger partial charge in [0.25, 0.3) is 5.91 Å². The number of amides is 1. The van der Waals surface area contributed by atoms with E-state index in [1.165, 1.54) is 18.3 Å². The Morgan fingerprint density at radius 3 is 2.85 bits per heavy atom. The highest BCUT2D eigenvalue weighted by atomic mass is 35.5. The van der Waals surface area contributed by atoms with Gasteiger partial charge in [0, 0.05) is 36.2 Å². The predicted octanol–water partition coefficient (Wildman–Crippen LogP) is 3.22. The fourth-order valence-corrected chi connectivity index (χ4v) is 3.40. The third-order valence-electron chi connectivity index (χ3n) is 3.29. The molecular formula is C14H12ClFN2OS. The first-order valence-corrected chi connectivity index (χ1v) is 7.81. The van der Waals surface area contributed by atoms with Gasteiger partial charge in [0.05, 0.1) is 16.1 Å². The summed E-state index contributed by atoms with van der Waals surface area (Å²) in [5.74, 6) is 1.34. The van der Waals surface area contributed by atoms with Gasteiger partial charge in [-0.15, -0.1) is 0 Å². The summed E-state index contributed by atoms with van der Waals surface area (Å²) in [6, 6.07) is 4.20. The number of carbonyl (C=O) groups excluding carboxylic acids is 1. The summed E-state index contributed by atoms with van der Waals surface area (Å²) in [5.41, 5.74) is 0.929. The van der Waals surface area contributed by atoms with Crippen LogP contribution in [-0.4, -0.2) is 40.4 Å². The molecule has 0 unspecified atom stereocenters. The molecule has 3 nitrogen and oxygen atoms in total. The molecule has 0 radical (unpaired) electrons. The van der Waals surface area contributed by atoms with Gasteiger partial charge in [-0.3, -0.25) is 9.78 Å². The number of rotatable bonds is 1. The molecule has 3 rings (SSSR count). The van der Waals surface area contributed by atoms with E-state index in [0.29, 0.717) is 29.6 Å². The van der Waals surface area contributed by atoms with Gasteiger partial charge in [-0.1, -0.05) is 11.6 Å². The molecule has 1 aromatic heterocycles. The van der Waals surface area contributed by atoms with Gasteiger partial charge in [0.2, 0.25) is 0 Å². The minimum Gasteiger partial charge on any atom is -0.337 e. The molecule has 0 spiro atoms. The number of fused-ring (bicyclic) bond motifs is 1. The van der Waals surface area contributed by atoms with Crippen LogP contribution in [0, 0.1) is 5.82 Å². The second-order valence-electron chi connectivity index (χ2n) is 4.55. The van der Waals surface area contributed by atoms with Gasteiger partial charge in [-0.05, 0) is 18.2 Å². The highest BCUT2D eigenvalue weighted by Gasteiger charge is 2.22. The number of nitrogens with zero attached hydrogens (tertiary/aromatic N) is 2. The molecule has 1 aromatic carbocycles. The van der Waals surface area contributed by atoms with Crippen LogP contribution in [0.25, 0.3) is 10.9 Å². The van der Waals surface area contributed by atoms with E-state index in [1.807, 2.05) is 11.8 Å². The summed E-state index contributed by atoms with van der Waals surface area (Å²) in [7, 11) is 0. The molecule has 0 saturated carbocycles. The first kappa shape index (κ1) is 13.6. The van der Waals surface area contributed by atoms with E-state index >= 15 is 0 Å². The van der Waals surface area contributed by atoms with E-state index < -0.39 is 0 Å². The Bertz CT molecular complexity index is 674. The molecule has 1 fully saturated rings. The zero-order valence-electron chi connectivity index (χ0n) is 10.6. The normalized spacial score (nSPS) is 15.6. The van der Waals surface area contributed by atoms with Crippen molar-refractivity contribution in [1.29, 1.82) is 0 Å². The van der Waals surface area contributed by atoms with Crippen molar-refractivity contribution < 1.29 is 9.18 Å². The van der Waals surface area contributed by atoms with Gasteiger partial charge in [-0.25, -0.2) is 4.39 Å². The van der Waals surface area contributed by atoms with Crippen molar-refractivity contribution in [1.82, 2.24) is 9.88 Å². The van der Waals surface area contributed by atoms with E-state index in [4.69, 9.17) is 11.6 Å². The number of carbonyl (C=O) groups is 1. The van der Waals surface area contributed by atoms with Gasteiger partial charge in [0.15, 0.2) is 0 Å². The van der Waals surface area contributed by atoms with Crippen LogP contribution in [0.1, 0.15) is 10.4 Å². The summed E-state index contributed by atoms with van der Waals surface area (Å²) in [5, 5.41) is 0.752. The molecule has 0 bridgehead atoms. The van der Waals surface area contributed by atoms with Crippen molar-refractivity contribution in [2.75, 3.05) is 24.6 Å². The Morgan fingerprint density at radius 1 is 1.35 bits per heavy atom. The van der Waals surface area contributed by atoms with Crippen LogP contribution >= 0.6 is 23.4 Å². The van der Waals surface area contributed by atoms with Gasteiger partial charge < -0.3 is 4.90 Å². The number of pyridine rings is 1.